The Hall–Kier alpha value is -4.21. The second kappa shape index (κ2) is 9.80. The van der Waals surface area contributed by atoms with E-state index < -0.39 is 12.1 Å². The highest BCUT2D eigenvalue weighted by Crippen LogP contribution is 2.30. The van der Waals surface area contributed by atoms with Crippen molar-refractivity contribution in [2.75, 3.05) is 31.1 Å². The van der Waals surface area contributed by atoms with Crippen LogP contribution in [0.15, 0.2) is 83.5 Å². The lowest BCUT2D eigenvalue weighted by Gasteiger charge is -2.37. The quantitative estimate of drug-likeness (QED) is 0.404. The molecule has 1 amide bonds. The number of carbonyl (C=O) groups is 1. The van der Waals surface area contributed by atoms with E-state index in [0.717, 1.165) is 11.1 Å². The first-order valence-electron chi connectivity index (χ1n) is 11.4. The first-order valence-corrected chi connectivity index (χ1v) is 11.4. The molecule has 36 heavy (non-hydrogen) atoms. The first-order chi connectivity index (χ1) is 17.4. The molecule has 0 bridgehead atoms. The molecule has 0 saturated carbocycles. The summed E-state index contributed by atoms with van der Waals surface area (Å²) in [7, 11) is 0. The maximum Gasteiger partial charge on any atom is 0.471 e. The van der Waals surface area contributed by atoms with Crippen molar-refractivity contribution in [2.24, 2.45) is 0 Å². The number of carbonyl (C=O) groups excluding carboxylic acids is 1. The van der Waals surface area contributed by atoms with Gasteiger partial charge in [-0.2, -0.15) is 18.2 Å². The number of rotatable bonds is 5. The average Bonchev–Trinajstić information content (AvgIpc) is 3.42. The van der Waals surface area contributed by atoms with Gasteiger partial charge in [-0.05, 0) is 23.3 Å². The Bertz CT molecular complexity index is 1260. The van der Waals surface area contributed by atoms with E-state index in [1.54, 1.807) is 12.1 Å². The average molecular weight is 493 g/mol. The molecular formula is C26H22F3N5O2. The van der Waals surface area contributed by atoms with Gasteiger partial charge in [0.25, 0.3) is 0 Å². The third-order valence-electron chi connectivity index (χ3n) is 6.10. The summed E-state index contributed by atoms with van der Waals surface area (Å²) in [6.45, 7) is 2.21. The summed E-state index contributed by atoms with van der Waals surface area (Å²) < 4.78 is 42.4. The topological polar surface area (TPSA) is 75.4 Å². The van der Waals surface area contributed by atoms with E-state index in [4.69, 9.17) is 0 Å². The normalized spacial score (nSPS) is 14.3. The van der Waals surface area contributed by atoms with Crippen LogP contribution >= 0.6 is 0 Å². The number of benzene rings is 2. The summed E-state index contributed by atoms with van der Waals surface area (Å²) in [4.78, 5) is 25.3. The van der Waals surface area contributed by atoms with Crippen LogP contribution in [0.4, 0.5) is 19.0 Å². The van der Waals surface area contributed by atoms with Crippen LogP contribution in [0.5, 0.6) is 0 Å². The van der Waals surface area contributed by atoms with Gasteiger partial charge in [0, 0.05) is 37.9 Å². The SMILES string of the molecule is O=C(C(c1ccccc1)c1ccccc1)N1CCN(c2ccc(-c3noc(C(F)(F)F)n3)cn2)CC1. The highest BCUT2D eigenvalue weighted by molar-refractivity contribution is 5.87. The molecule has 184 valence electrons. The number of halogens is 3. The lowest BCUT2D eigenvalue weighted by molar-refractivity contribution is -0.159. The molecule has 0 N–H and O–H groups in total. The second-order valence-electron chi connectivity index (χ2n) is 8.39. The van der Waals surface area contributed by atoms with E-state index >= 15 is 0 Å². The molecule has 2 aromatic heterocycles. The Morgan fingerprint density at radius 2 is 1.47 bits per heavy atom. The molecule has 10 heteroatoms. The van der Waals surface area contributed by atoms with Gasteiger partial charge in [-0.1, -0.05) is 65.8 Å². The van der Waals surface area contributed by atoms with Gasteiger partial charge >= 0.3 is 12.1 Å². The molecule has 1 fully saturated rings. The summed E-state index contributed by atoms with van der Waals surface area (Å²) >= 11 is 0. The minimum atomic E-state index is -4.70. The summed E-state index contributed by atoms with van der Waals surface area (Å²) in [6, 6.07) is 22.8. The van der Waals surface area contributed by atoms with Crippen molar-refractivity contribution in [2.45, 2.75) is 12.1 Å². The monoisotopic (exact) mass is 493 g/mol. The number of aromatic nitrogens is 3. The van der Waals surface area contributed by atoms with E-state index in [9.17, 15) is 18.0 Å². The zero-order valence-electron chi connectivity index (χ0n) is 19.1. The van der Waals surface area contributed by atoms with E-state index in [-0.39, 0.29) is 17.6 Å². The van der Waals surface area contributed by atoms with Crippen molar-refractivity contribution in [3.05, 3.63) is 96.0 Å². The summed E-state index contributed by atoms with van der Waals surface area (Å²) in [5, 5.41) is 3.39. The molecule has 0 spiro atoms. The van der Waals surface area contributed by atoms with E-state index in [1.807, 2.05) is 70.5 Å². The fourth-order valence-electron chi connectivity index (χ4n) is 4.27. The molecule has 0 atom stereocenters. The molecule has 3 heterocycles. The smallest absolute Gasteiger partial charge is 0.353 e. The number of piperazine rings is 1. The van der Waals surface area contributed by atoms with Gasteiger partial charge in [0.05, 0.1) is 5.92 Å². The molecule has 7 nitrogen and oxygen atoms in total. The van der Waals surface area contributed by atoms with Crippen LogP contribution in [0, 0.1) is 0 Å². The van der Waals surface area contributed by atoms with Crippen LogP contribution in [-0.4, -0.2) is 52.1 Å². The minimum absolute atomic E-state index is 0.0490. The molecule has 1 aliphatic rings. The van der Waals surface area contributed by atoms with Crippen molar-refractivity contribution < 1.29 is 22.5 Å². The fraction of sp³-hybridized carbons (Fsp3) is 0.231. The zero-order valence-corrected chi connectivity index (χ0v) is 19.1. The van der Waals surface area contributed by atoms with Crippen LogP contribution in [-0.2, 0) is 11.0 Å². The molecule has 1 saturated heterocycles. The number of pyridine rings is 1. The largest absolute Gasteiger partial charge is 0.471 e. The number of alkyl halides is 3. The van der Waals surface area contributed by atoms with Gasteiger partial charge in [0.2, 0.25) is 11.7 Å². The lowest BCUT2D eigenvalue weighted by atomic mass is 9.90. The van der Waals surface area contributed by atoms with Crippen LogP contribution in [0.2, 0.25) is 0 Å². The van der Waals surface area contributed by atoms with E-state index in [0.29, 0.717) is 37.6 Å². The number of hydrogen-bond donors (Lipinski definition) is 0. The summed E-state index contributed by atoms with van der Waals surface area (Å²) in [5.74, 6) is -1.25. The van der Waals surface area contributed by atoms with E-state index in [2.05, 4.69) is 19.6 Å². The fourth-order valence-corrected chi connectivity index (χ4v) is 4.27. The van der Waals surface area contributed by atoms with Crippen LogP contribution < -0.4 is 4.90 Å². The summed E-state index contributed by atoms with van der Waals surface area (Å²) in [6.07, 6.45) is -3.28. The molecular weight excluding hydrogens is 471 g/mol. The maximum absolute atomic E-state index is 13.6. The number of nitrogens with zero attached hydrogens (tertiary/aromatic N) is 5. The van der Waals surface area contributed by atoms with Crippen LogP contribution in [0.25, 0.3) is 11.4 Å². The molecule has 5 rings (SSSR count). The highest BCUT2D eigenvalue weighted by Gasteiger charge is 2.38. The molecule has 2 aromatic carbocycles. The van der Waals surface area contributed by atoms with E-state index in [1.165, 1.54) is 6.20 Å². The van der Waals surface area contributed by atoms with Crippen molar-refractivity contribution in [1.82, 2.24) is 20.0 Å². The van der Waals surface area contributed by atoms with Gasteiger partial charge in [-0.15, -0.1) is 0 Å². The number of anilines is 1. The molecule has 1 aliphatic heterocycles. The zero-order chi connectivity index (χ0) is 25.1. The Balaban J connectivity index is 1.26. The molecule has 4 aromatic rings. The number of hydrogen-bond acceptors (Lipinski definition) is 6. The summed E-state index contributed by atoms with van der Waals surface area (Å²) in [5.41, 5.74) is 2.22. The Labute approximate surface area is 205 Å². The van der Waals surface area contributed by atoms with Crippen molar-refractivity contribution >= 4 is 11.7 Å². The highest BCUT2D eigenvalue weighted by atomic mass is 19.4. The standard InChI is InChI=1S/C26H22F3N5O2/c27-26(28,29)25-31-23(32-36-25)20-11-12-21(30-17-20)33-13-15-34(16-14-33)24(35)22(18-7-3-1-4-8-18)19-9-5-2-6-10-19/h1-12,17,22H,13-16H2. The second-order valence-corrected chi connectivity index (χ2v) is 8.39. The van der Waals surface area contributed by atoms with Crippen LogP contribution in [0.3, 0.4) is 0 Å². The lowest BCUT2D eigenvalue weighted by Crippen LogP contribution is -2.50. The molecule has 0 aliphatic carbocycles. The van der Waals surface area contributed by atoms with Gasteiger partial charge in [0.15, 0.2) is 0 Å². The van der Waals surface area contributed by atoms with Crippen molar-refractivity contribution in [3.8, 4) is 11.4 Å². The molecule has 0 unspecified atom stereocenters. The Kier molecular flexibility index (Phi) is 6.41. The van der Waals surface area contributed by atoms with Gasteiger partial charge in [0.1, 0.15) is 5.82 Å². The number of amides is 1. The predicted octanol–water partition coefficient (Wildman–Crippen LogP) is 4.63. The van der Waals surface area contributed by atoms with Gasteiger partial charge in [-0.25, -0.2) is 4.98 Å². The minimum Gasteiger partial charge on any atom is -0.353 e. The first kappa shape index (κ1) is 23.5. The van der Waals surface area contributed by atoms with Crippen LogP contribution in [0.1, 0.15) is 22.9 Å². The Morgan fingerprint density at radius 1 is 0.861 bits per heavy atom. The van der Waals surface area contributed by atoms with Gasteiger partial charge in [-0.3, -0.25) is 4.79 Å². The maximum atomic E-state index is 13.6. The van der Waals surface area contributed by atoms with Crippen molar-refractivity contribution in [1.29, 1.82) is 0 Å². The third-order valence-corrected chi connectivity index (χ3v) is 6.10. The third kappa shape index (κ3) is 4.93. The predicted molar refractivity (Wildman–Crippen MR) is 126 cm³/mol. The molecule has 0 radical (unpaired) electrons. The van der Waals surface area contributed by atoms with Crippen molar-refractivity contribution in [3.63, 3.8) is 0 Å². The Morgan fingerprint density at radius 3 is 1.97 bits per heavy atom. The van der Waals surface area contributed by atoms with Gasteiger partial charge < -0.3 is 14.3 Å².